The number of amides is 1. The maximum atomic E-state index is 12.0. The molecule has 112 valence electrons. The Morgan fingerprint density at radius 2 is 2.14 bits per heavy atom. The number of benzene rings is 1. The van der Waals surface area contributed by atoms with Crippen LogP contribution >= 0.6 is 11.6 Å². The lowest BCUT2D eigenvalue weighted by atomic mass is 10.1. The molecule has 0 saturated carbocycles. The smallest absolute Gasteiger partial charge is 0.336 e. The molecule has 0 aliphatic carbocycles. The van der Waals surface area contributed by atoms with Crippen molar-refractivity contribution in [3.8, 4) is 17.3 Å². The molecule has 0 aliphatic heterocycles. The summed E-state index contributed by atoms with van der Waals surface area (Å²) in [5.41, 5.74) is 0.873. The SMILES string of the molecule is COc1n[nH]c(NC(=O)c2cc(-c3ccc(Cl)cc3)on2)n1. The Morgan fingerprint density at radius 1 is 1.36 bits per heavy atom. The van der Waals surface area contributed by atoms with E-state index in [2.05, 4.69) is 25.7 Å². The number of carbonyl (C=O) groups is 1. The zero-order valence-corrected chi connectivity index (χ0v) is 12.1. The molecule has 8 nitrogen and oxygen atoms in total. The standard InChI is InChI=1S/C13H10ClN5O3/c1-21-13-16-12(17-18-13)15-11(20)9-6-10(22-19-9)7-2-4-8(14)5-3-7/h2-6H,1H3,(H2,15,16,17,18,20). The number of anilines is 1. The molecule has 0 spiro atoms. The number of methoxy groups -OCH3 is 1. The van der Waals surface area contributed by atoms with Crippen LogP contribution in [0.1, 0.15) is 10.5 Å². The molecule has 1 aromatic carbocycles. The number of halogens is 1. The van der Waals surface area contributed by atoms with Crippen LogP contribution in [0.4, 0.5) is 5.95 Å². The molecule has 0 aliphatic rings. The van der Waals surface area contributed by atoms with Crippen LogP contribution in [0, 0.1) is 0 Å². The highest BCUT2D eigenvalue weighted by molar-refractivity contribution is 6.30. The Morgan fingerprint density at radius 3 is 2.82 bits per heavy atom. The van der Waals surface area contributed by atoms with E-state index in [4.69, 9.17) is 20.9 Å². The zero-order valence-electron chi connectivity index (χ0n) is 11.3. The fourth-order valence-electron chi connectivity index (χ4n) is 1.70. The van der Waals surface area contributed by atoms with E-state index in [9.17, 15) is 4.79 Å². The Bertz CT molecular complexity index is 796. The summed E-state index contributed by atoms with van der Waals surface area (Å²) < 4.78 is 9.95. The number of nitrogens with zero attached hydrogens (tertiary/aromatic N) is 3. The minimum atomic E-state index is -0.484. The van der Waals surface area contributed by atoms with E-state index in [-0.39, 0.29) is 17.7 Å². The molecule has 0 saturated heterocycles. The predicted molar refractivity (Wildman–Crippen MR) is 77.8 cm³/mol. The summed E-state index contributed by atoms with van der Waals surface area (Å²) in [6, 6.07) is 8.63. The van der Waals surface area contributed by atoms with Crippen molar-refractivity contribution in [1.82, 2.24) is 20.3 Å². The van der Waals surface area contributed by atoms with Gasteiger partial charge in [0.15, 0.2) is 11.5 Å². The second kappa shape index (κ2) is 5.86. The summed E-state index contributed by atoms with van der Waals surface area (Å²) in [6.45, 7) is 0. The van der Waals surface area contributed by atoms with Gasteiger partial charge in [-0.25, -0.2) is 5.10 Å². The number of nitrogens with one attached hydrogen (secondary N) is 2. The lowest BCUT2D eigenvalue weighted by Gasteiger charge is -1.95. The van der Waals surface area contributed by atoms with Crippen LogP contribution in [0.5, 0.6) is 6.01 Å². The minimum absolute atomic E-state index is 0.111. The second-order valence-electron chi connectivity index (χ2n) is 4.21. The second-order valence-corrected chi connectivity index (χ2v) is 4.64. The van der Waals surface area contributed by atoms with Crippen molar-refractivity contribution in [2.75, 3.05) is 12.4 Å². The molecule has 2 aromatic heterocycles. The third kappa shape index (κ3) is 2.91. The van der Waals surface area contributed by atoms with Gasteiger partial charge in [0.25, 0.3) is 5.91 Å². The number of aromatic nitrogens is 4. The van der Waals surface area contributed by atoms with Crippen molar-refractivity contribution in [2.45, 2.75) is 0 Å². The van der Waals surface area contributed by atoms with Crippen LogP contribution in [0.3, 0.4) is 0 Å². The third-order valence-electron chi connectivity index (χ3n) is 2.75. The Labute approximate surface area is 129 Å². The fraction of sp³-hybridized carbons (Fsp3) is 0.0769. The lowest BCUT2D eigenvalue weighted by molar-refractivity contribution is 0.101. The van der Waals surface area contributed by atoms with Gasteiger partial charge >= 0.3 is 6.01 Å². The van der Waals surface area contributed by atoms with Gasteiger partial charge in [-0.1, -0.05) is 16.8 Å². The van der Waals surface area contributed by atoms with Crippen LogP contribution in [0.25, 0.3) is 11.3 Å². The first kappa shape index (κ1) is 14.1. The Hall–Kier alpha value is -2.87. The fourth-order valence-corrected chi connectivity index (χ4v) is 1.82. The third-order valence-corrected chi connectivity index (χ3v) is 3.00. The molecule has 1 amide bonds. The van der Waals surface area contributed by atoms with Crippen molar-refractivity contribution in [2.24, 2.45) is 0 Å². The summed E-state index contributed by atoms with van der Waals surface area (Å²) in [4.78, 5) is 15.9. The topological polar surface area (TPSA) is 106 Å². The highest BCUT2D eigenvalue weighted by atomic mass is 35.5. The van der Waals surface area contributed by atoms with Crippen LogP contribution in [-0.2, 0) is 0 Å². The van der Waals surface area contributed by atoms with Gasteiger partial charge in [-0.2, -0.15) is 4.98 Å². The number of aromatic amines is 1. The quantitative estimate of drug-likeness (QED) is 0.764. The van der Waals surface area contributed by atoms with Crippen LogP contribution in [0.2, 0.25) is 5.02 Å². The number of H-pyrrole nitrogens is 1. The molecule has 0 unspecified atom stereocenters. The first-order valence-corrected chi connectivity index (χ1v) is 6.54. The summed E-state index contributed by atoms with van der Waals surface area (Å²) in [6.07, 6.45) is 0. The van der Waals surface area contributed by atoms with Gasteiger partial charge in [0, 0.05) is 16.7 Å². The number of hydrogen-bond acceptors (Lipinski definition) is 6. The minimum Gasteiger partial charge on any atom is -0.466 e. The van der Waals surface area contributed by atoms with E-state index in [1.54, 1.807) is 24.3 Å². The lowest BCUT2D eigenvalue weighted by Crippen LogP contribution is -2.13. The molecular formula is C13H10ClN5O3. The van der Waals surface area contributed by atoms with Gasteiger partial charge in [-0.3, -0.25) is 10.1 Å². The summed E-state index contributed by atoms with van der Waals surface area (Å²) in [7, 11) is 1.42. The van der Waals surface area contributed by atoms with E-state index in [1.807, 2.05) is 0 Å². The first-order valence-electron chi connectivity index (χ1n) is 6.16. The molecule has 9 heteroatoms. The van der Waals surface area contributed by atoms with Crippen molar-refractivity contribution in [3.63, 3.8) is 0 Å². The van der Waals surface area contributed by atoms with Gasteiger partial charge in [0.2, 0.25) is 5.95 Å². The normalized spacial score (nSPS) is 10.5. The largest absolute Gasteiger partial charge is 0.466 e. The van der Waals surface area contributed by atoms with E-state index < -0.39 is 5.91 Å². The number of ether oxygens (including phenoxy) is 1. The number of rotatable bonds is 4. The molecule has 2 N–H and O–H groups in total. The highest BCUT2D eigenvalue weighted by Gasteiger charge is 2.15. The molecule has 0 radical (unpaired) electrons. The van der Waals surface area contributed by atoms with E-state index in [1.165, 1.54) is 13.2 Å². The molecule has 0 bridgehead atoms. The van der Waals surface area contributed by atoms with Crippen molar-refractivity contribution < 1.29 is 14.1 Å². The summed E-state index contributed by atoms with van der Waals surface area (Å²) in [5, 5.41) is 13.1. The van der Waals surface area contributed by atoms with Gasteiger partial charge in [0.05, 0.1) is 7.11 Å². The molecule has 3 aromatic rings. The molecule has 0 atom stereocenters. The molecule has 3 rings (SSSR count). The highest BCUT2D eigenvalue weighted by Crippen LogP contribution is 2.22. The Balaban J connectivity index is 1.75. The van der Waals surface area contributed by atoms with Gasteiger partial charge in [0.1, 0.15) is 0 Å². The summed E-state index contributed by atoms with van der Waals surface area (Å²) in [5.74, 6) is 0.123. The molecular weight excluding hydrogens is 310 g/mol. The van der Waals surface area contributed by atoms with E-state index in [0.29, 0.717) is 10.8 Å². The van der Waals surface area contributed by atoms with Crippen LogP contribution in [0.15, 0.2) is 34.9 Å². The van der Waals surface area contributed by atoms with Gasteiger partial charge < -0.3 is 9.26 Å². The molecule has 22 heavy (non-hydrogen) atoms. The number of carbonyl (C=O) groups excluding carboxylic acids is 1. The Kier molecular flexibility index (Phi) is 3.75. The van der Waals surface area contributed by atoms with Crippen LogP contribution in [-0.4, -0.2) is 33.4 Å². The predicted octanol–water partition coefficient (Wildman–Crippen LogP) is 2.37. The first-order chi connectivity index (χ1) is 10.7. The zero-order chi connectivity index (χ0) is 15.5. The van der Waals surface area contributed by atoms with Crippen LogP contribution < -0.4 is 10.1 Å². The average molecular weight is 320 g/mol. The monoisotopic (exact) mass is 319 g/mol. The maximum absolute atomic E-state index is 12.0. The van der Waals surface area contributed by atoms with Crippen molar-refractivity contribution in [3.05, 3.63) is 41.0 Å². The maximum Gasteiger partial charge on any atom is 0.336 e. The summed E-state index contributed by atoms with van der Waals surface area (Å²) >= 11 is 5.82. The van der Waals surface area contributed by atoms with Crippen molar-refractivity contribution >= 4 is 23.5 Å². The van der Waals surface area contributed by atoms with E-state index >= 15 is 0 Å². The van der Waals surface area contributed by atoms with Crippen molar-refractivity contribution in [1.29, 1.82) is 0 Å². The average Bonchev–Trinajstić information content (AvgIpc) is 3.17. The van der Waals surface area contributed by atoms with Gasteiger partial charge in [-0.05, 0) is 24.3 Å². The van der Waals surface area contributed by atoms with E-state index in [0.717, 1.165) is 5.56 Å². The van der Waals surface area contributed by atoms with Gasteiger partial charge in [-0.15, -0.1) is 5.10 Å². The molecule has 2 heterocycles. The molecule has 0 fully saturated rings. The number of hydrogen-bond donors (Lipinski definition) is 2.